The standard InChI is InChI=1S/C16H21NO4/c1-16(2)12(13(16)15(19)20)14(18)17-9-8-10-6-4-5-7-11(10)21-3/h4-7,12-13H,8-9H2,1-3H3,(H,17,18)(H,19,20). The predicted molar refractivity (Wildman–Crippen MR) is 78.1 cm³/mol. The van der Waals surface area contributed by atoms with Crippen molar-refractivity contribution in [2.45, 2.75) is 20.3 Å². The first-order chi connectivity index (χ1) is 9.89. The van der Waals surface area contributed by atoms with Gasteiger partial charge in [-0.1, -0.05) is 32.0 Å². The molecule has 0 bridgehead atoms. The molecule has 114 valence electrons. The largest absolute Gasteiger partial charge is 0.496 e. The van der Waals surface area contributed by atoms with Gasteiger partial charge in [-0.05, 0) is 23.5 Å². The normalized spacial score (nSPS) is 22.4. The van der Waals surface area contributed by atoms with Crippen molar-refractivity contribution < 1.29 is 19.4 Å². The van der Waals surface area contributed by atoms with Gasteiger partial charge in [-0.25, -0.2) is 0 Å². The van der Waals surface area contributed by atoms with Crippen LogP contribution in [0.15, 0.2) is 24.3 Å². The molecule has 0 aromatic heterocycles. The number of amides is 1. The second-order valence-electron chi connectivity index (χ2n) is 5.97. The van der Waals surface area contributed by atoms with Crippen molar-refractivity contribution in [2.24, 2.45) is 17.3 Å². The van der Waals surface area contributed by atoms with Crippen LogP contribution in [0.3, 0.4) is 0 Å². The molecular formula is C16H21NO4. The third-order valence-corrected chi connectivity index (χ3v) is 4.26. The maximum absolute atomic E-state index is 12.1. The van der Waals surface area contributed by atoms with Crippen LogP contribution in [0.1, 0.15) is 19.4 Å². The Bertz CT molecular complexity index is 553. The van der Waals surface area contributed by atoms with Gasteiger partial charge in [0.15, 0.2) is 0 Å². The fraction of sp³-hybridized carbons (Fsp3) is 0.500. The van der Waals surface area contributed by atoms with Crippen LogP contribution in [0.2, 0.25) is 0 Å². The maximum Gasteiger partial charge on any atom is 0.307 e. The summed E-state index contributed by atoms with van der Waals surface area (Å²) in [6.07, 6.45) is 0.653. The number of hydrogen-bond donors (Lipinski definition) is 2. The van der Waals surface area contributed by atoms with Crippen molar-refractivity contribution in [3.05, 3.63) is 29.8 Å². The number of ether oxygens (including phenoxy) is 1. The molecule has 5 nitrogen and oxygen atoms in total. The van der Waals surface area contributed by atoms with Gasteiger partial charge in [0.05, 0.1) is 18.9 Å². The van der Waals surface area contributed by atoms with E-state index in [0.29, 0.717) is 13.0 Å². The van der Waals surface area contributed by atoms with E-state index in [0.717, 1.165) is 11.3 Å². The van der Waals surface area contributed by atoms with Gasteiger partial charge in [0.25, 0.3) is 0 Å². The molecule has 1 saturated carbocycles. The lowest BCUT2D eigenvalue weighted by Crippen LogP contribution is -2.29. The number of methoxy groups -OCH3 is 1. The summed E-state index contributed by atoms with van der Waals surface area (Å²) >= 11 is 0. The number of para-hydroxylation sites is 1. The summed E-state index contributed by atoms with van der Waals surface area (Å²) in [5, 5.41) is 11.9. The second-order valence-corrected chi connectivity index (χ2v) is 5.97. The molecule has 2 rings (SSSR count). The van der Waals surface area contributed by atoms with Gasteiger partial charge in [0.2, 0.25) is 5.91 Å². The number of carbonyl (C=O) groups excluding carboxylic acids is 1. The van der Waals surface area contributed by atoms with Gasteiger partial charge in [-0.15, -0.1) is 0 Å². The summed E-state index contributed by atoms with van der Waals surface area (Å²) in [4.78, 5) is 23.1. The van der Waals surface area contributed by atoms with E-state index in [1.54, 1.807) is 7.11 Å². The number of benzene rings is 1. The summed E-state index contributed by atoms with van der Waals surface area (Å²) < 4.78 is 5.25. The van der Waals surface area contributed by atoms with E-state index in [2.05, 4.69) is 5.32 Å². The summed E-state index contributed by atoms with van der Waals surface area (Å²) in [5.74, 6) is -1.30. The molecule has 1 aromatic rings. The molecule has 21 heavy (non-hydrogen) atoms. The van der Waals surface area contributed by atoms with Crippen molar-refractivity contribution in [2.75, 3.05) is 13.7 Å². The molecule has 1 aliphatic rings. The topological polar surface area (TPSA) is 75.6 Å². The summed E-state index contributed by atoms with van der Waals surface area (Å²) in [5.41, 5.74) is 0.561. The number of carboxylic acid groups (broad SMARTS) is 1. The molecule has 1 fully saturated rings. The number of hydrogen-bond acceptors (Lipinski definition) is 3. The van der Waals surface area contributed by atoms with E-state index in [1.807, 2.05) is 38.1 Å². The van der Waals surface area contributed by atoms with E-state index in [9.17, 15) is 9.59 Å². The summed E-state index contributed by atoms with van der Waals surface area (Å²) in [6.45, 7) is 4.10. The average Bonchev–Trinajstić information content (AvgIpc) is 3.02. The third-order valence-electron chi connectivity index (χ3n) is 4.26. The lowest BCUT2D eigenvalue weighted by molar-refractivity contribution is -0.140. The van der Waals surface area contributed by atoms with E-state index in [4.69, 9.17) is 9.84 Å². The van der Waals surface area contributed by atoms with Crippen LogP contribution >= 0.6 is 0 Å². The molecule has 2 unspecified atom stereocenters. The minimum absolute atomic E-state index is 0.178. The number of carboxylic acids is 1. The highest BCUT2D eigenvalue weighted by atomic mass is 16.5. The highest BCUT2D eigenvalue weighted by Crippen LogP contribution is 2.58. The Morgan fingerprint density at radius 1 is 1.29 bits per heavy atom. The fourth-order valence-electron chi connectivity index (χ4n) is 2.93. The molecule has 5 heteroatoms. The zero-order chi connectivity index (χ0) is 15.6. The highest BCUT2D eigenvalue weighted by Gasteiger charge is 2.65. The molecule has 1 amide bonds. The Labute approximate surface area is 124 Å². The van der Waals surface area contributed by atoms with Crippen LogP contribution < -0.4 is 10.1 Å². The van der Waals surface area contributed by atoms with Crippen molar-refractivity contribution >= 4 is 11.9 Å². The fourth-order valence-corrected chi connectivity index (χ4v) is 2.93. The van der Waals surface area contributed by atoms with Gasteiger partial charge in [-0.3, -0.25) is 9.59 Å². The Balaban J connectivity index is 1.87. The SMILES string of the molecule is COc1ccccc1CCNC(=O)C1C(C(=O)O)C1(C)C. The molecule has 0 heterocycles. The Kier molecular flexibility index (Phi) is 4.21. The summed E-state index contributed by atoms with van der Waals surface area (Å²) in [7, 11) is 1.61. The maximum atomic E-state index is 12.1. The number of carbonyl (C=O) groups is 2. The molecule has 0 radical (unpaired) electrons. The quantitative estimate of drug-likeness (QED) is 0.836. The Morgan fingerprint density at radius 2 is 1.95 bits per heavy atom. The first-order valence-electron chi connectivity index (χ1n) is 7.02. The Morgan fingerprint density at radius 3 is 2.52 bits per heavy atom. The summed E-state index contributed by atoms with van der Waals surface area (Å²) in [6, 6.07) is 7.64. The monoisotopic (exact) mass is 291 g/mol. The molecule has 1 aliphatic carbocycles. The molecule has 0 spiro atoms. The lowest BCUT2D eigenvalue weighted by Gasteiger charge is -2.09. The molecule has 0 aliphatic heterocycles. The molecule has 2 atom stereocenters. The van der Waals surface area contributed by atoms with Gasteiger partial charge in [0, 0.05) is 6.54 Å². The number of rotatable bonds is 6. The zero-order valence-electron chi connectivity index (χ0n) is 12.6. The van der Waals surface area contributed by atoms with Crippen LogP contribution in [-0.4, -0.2) is 30.6 Å². The molecule has 1 aromatic carbocycles. The minimum atomic E-state index is -0.898. The molecule has 0 saturated heterocycles. The van der Waals surface area contributed by atoms with Crippen molar-refractivity contribution in [1.29, 1.82) is 0 Å². The van der Waals surface area contributed by atoms with E-state index in [-0.39, 0.29) is 5.91 Å². The third kappa shape index (κ3) is 3.01. The van der Waals surface area contributed by atoms with Crippen LogP contribution in [-0.2, 0) is 16.0 Å². The van der Waals surface area contributed by atoms with E-state index in [1.165, 1.54) is 0 Å². The second kappa shape index (κ2) is 5.76. The average molecular weight is 291 g/mol. The van der Waals surface area contributed by atoms with Gasteiger partial charge < -0.3 is 15.2 Å². The van der Waals surface area contributed by atoms with Crippen molar-refractivity contribution in [3.63, 3.8) is 0 Å². The van der Waals surface area contributed by atoms with Crippen molar-refractivity contribution in [1.82, 2.24) is 5.32 Å². The highest BCUT2D eigenvalue weighted by molar-refractivity contribution is 5.91. The van der Waals surface area contributed by atoms with Crippen LogP contribution in [0.4, 0.5) is 0 Å². The first-order valence-corrected chi connectivity index (χ1v) is 7.02. The smallest absolute Gasteiger partial charge is 0.307 e. The van der Waals surface area contributed by atoms with Gasteiger partial charge in [-0.2, -0.15) is 0 Å². The minimum Gasteiger partial charge on any atom is -0.496 e. The van der Waals surface area contributed by atoms with Crippen LogP contribution in [0, 0.1) is 17.3 Å². The van der Waals surface area contributed by atoms with E-state index < -0.39 is 23.2 Å². The number of aliphatic carboxylic acids is 1. The number of nitrogens with one attached hydrogen (secondary N) is 1. The Hall–Kier alpha value is -2.04. The van der Waals surface area contributed by atoms with Gasteiger partial charge in [0.1, 0.15) is 5.75 Å². The van der Waals surface area contributed by atoms with Crippen LogP contribution in [0.5, 0.6) is 5.75 Å². The molecular weight excluding hydrogens is 270 g/mol. The zero-order valence-corrected chi connectivity index (χ0v) is 12.6. The molecule has 2 N–H and O–H groups in total. The van der Waals surface area contributed by atoms with Crippen molar-refractivity contribution in [3.8, 4) is 5.75 Å². The predicted octanol–water partition coefficient (Wildman–Crippen LogP) is 1.71. The van der Waals surface area contributed by atoms with Crippen LogP contribution in [0.25, 0.3) is 0 Å². The van der Waals surface area contributed by atoms with Gasteiger partial charge >= 0.3 is 5.97 Å². The first kappa shape index (κ1) is 15.4. The van der Waals surface area contributed by atoms with E-state index >= 15 is 0 Å². The lowest BCUT2D eigenvalue weighted by atomic mass is 10.1.